The van der Waals surface area contributed by atoms with Crippen LogP contribution in [0.2, 0.25) is 0 Å². The Morgan fingerprint density at radius 3 is 3.07 bits per heavy atom. The fraction of sp³-hybridized carbons (Fsp3) is 0.300. The second kappa shape index (κ2) is 3.27. The summed E-state index contributed by atoms with van der Waals surface area (Å²) < 4.78 is 2.34. The second-order valence-electron chi connectivity index (χ2n) is 3.79. The SMILES string of the molecule is S=c1nn[nH]n1CC1Cc2ccccc21. The van der Waals surface area contributed by atoms with E-state index in [1.165, 1.54) is 11.1 Å². The molecule has 1 aromatic heterocycles. The van der Waals surface area contributed by atoms with E-state index in [0.29, 0.717) is 10.7 Å². The van der Waals surface area contributed by atoms with Gasteiger partial charge in [0.1, 0.15) is 0 Å². The van der Waals surface area contributed by atoms with Gasteiger partial charge in [0.15, 0.2) is 0 Å². The molecule has 1 aliphatic rings. The zero-order chi connectivity index (χ0) is 10.3. The third-order valence-corrected chi connectivity index (χ3v) is 3.20. The van der Waals surface area contributed by atoms with Gasteiger partial charge < -0.3 is 0 Å². The average molecular weight is 218 g/mol. The van der Waals surface area contributed by atoms with Gasteiger partial charge in [0, 0.05) is 5.92 Å². The summed E-state index contributed by atoms with van der Waals surface area (Å²) in [4.78, 5) is 0. The second-order valence-corrected chi connectivity index (χ2v) is 4.16. The van der Waals surface area contributed by atoms with Crippen LogP contribution in [-0.2, 0) is 13.0 Å². The molecule has 2 aromatic rings. The number of aromatic nitrogens is 4. The standard InChI is InChI=1S/C10H10N4S/c15-10-11-12-13-14(10)6-8-5-7-3-1-2-4-9(7)8/h1-4,8H,5-6H2,(H,11,13,15). The van der Waals surface area contributed by atoms with Crippen LogP contribution < -0.4 is 0 Å². The lowest BCUT2D eigenvalue weighted by Gasteiger charge is -2.29. The Morgan fingerprint density at radius 1 is 1.47 bits per heavy atom. The molecule has 0 saturated heterocycles. The number of H-pyrrole nitrogens is 1. The first-order valence-corrected chi connectivity index (χ1v) is 5.31. The van der Waals surface area contributed by atoms with E-state index in [1.54, 1.807) is 0 Å². The largest absolute Gasteiger partial charge is 0.242 e. The van der Waals surface area contributed by atoms with E-state index >= 15 is 0 Å². The summed E-state index contributed by atoms with van der Waals surface area (Å²) in [5, 5.41) is 10.2. The fourth-order valence-electron chi connectivity index (χ4n) is 2.08. The molecule has 1 heterocycles. The first-order chi connectivity index (χ1) is 7.34. The van der Waals surface area contributed by atoms with Crippen molar-refractivity contribution < 1.29 is 0 Å². The number of benzene rings is 1. The molecule has 1 atom stereocenters. The molecular formula is C10H10N4S. The van der Waals surface area contributed by atoms with Crippen molar-refractivity contribution in [3.63, 3.8) is 0 Å². The Hall–Kier alpha value is -1.49. The molecule has 0 spiro atoms. The number of rotatable bonds is 2. The van der Waals surface area contributed by atoms with Crippen LogP contribution in [0.1, 0.15) is 17.0 Å². The highest BCUT2D eigenvalue weighted by atomic mass is 32.1. The molecule has 0 radical (unpaired) electrons. The number of nitrogens with zero attached hydrogens (tertiary/aromatic N) is 3. The highest BCUT2D eigenvalue weighted by molar-refractivity contribution is 7.71. The maximum absolute atomic E-state index is 5.03. The third kappa shape index (κ3) is 1.39. The van der Waals surface area contributed by atoms with Crippen molar-refractivity contribution >= 4 is 12.2 Å². The van der Waals surface area contributed by atoms with Gasteiger partial charge in [-0.15, -0.1) is 0 Å². The minimum atomic E-state index is 0.527. The maximum Gasteiger partial charge on any atom is 0.238 e. The highest BCUT2D eigenvalue weighted by Gasteiger charge is 2.25. The molecule has 1 aromatic carbocycles. The summed E-state index contributed by atoms with van der Waals surface area (Å²) in [6.45, 7) is 0.850. The van der Waals surface area contributed by atoms with Gasteiger partial charge in [-0.1, -0.05) is 34.6 Å². The van der Waals surface area contributed by atoms with Gasteiger partial charge >= 0.3 is 0 Å². The van der Waals surface area contributed by atoms with Crippen molar-refractivity contribution in [2.45, 2.75) is 18.9 Å². The fourth-order valence-corrected chi connectivity index (χ4v) is 2.24. The zero-order valence-electron chi connectivity index (χ0n) is 8.05. The molecule has 15 heavy (non-hydrogen) atoms. The molecule has 76 valence electrons. The molecule has 0 aliphatic heterocycles. The predicted molar refractivity (Wildman–Crippen MR) is 58.1 cm³/mol. The number of nitrogens with one attached hydrogen (secondary N) is 1. The summed E-state index contributed by atoms with van der Waals surface area (Å²) >= 11 is 5.03. The summed E-state index contributed by atoms with van der Waals surface area (Å²) in [5.41, 5.74) is 2.87. The van der Waals surface area contributed by atoms with Crippen LogP contribution in [-0.4, -0.2) is 20.2 Å². The van der Waals surface area contributed by atoms with Crippen LogP contribution in [0, 0.1) is 4.77 Å². The van der Waals surface area contributed by atoms with Crippen LogP contribution in [0.15, 0.2) is 24.3 Å². The van der Waals surface area contributed by atoms with Crippen LogP contribution in [0.5, 0.6) is 0 Å². The molecule has 1 unspecified atom stereocenters. The first-order valence-electron chi connectivity index (χ1n) is 4.90. The molecule has 0 fully saturated rings. The van der Waals surface area contributed by atoms with Crippen molar-refractivity contribution in [2.75, 3.05) is 0 Å². The van der Waals surface area contributed by atoms with Crippen LogP contribution in [0.4, 0.5) is 0 Å². The van der Waals surface area contributed by atoms with E-state index in [0.717, 1.165) is 13.0 Å². The maximum atomic E-state index is 5.03. The summed E-state index contributed by atoms with van der Waals surface area (Å²) in [6.07, 6.45) is 1.12. The number of fused-ring (bicyclic) bond motifs is 1. The van der Waals surface area contributed by atoms with Gasteiger partial charge in [0.05, 0.1) is 6.54 Å². The molecule has 3 rings (SSSR count). The van der Waals surface area contributed by atoms with E-state index in [1.807, 2.05) is 4.68 Å². The summed E-state index contributed by atoms with van der Waals surface area (Å²) in [7, 11) is 0. The van der Waals surface area contributed by atoms with Crippen molar-refractivity contribution in [1.29, 1.82) is 0 Å². The van der Waals surface area contributed by atoms with E-state index in [-0.39, 0.29) is 0 Å². The molecule has 1 N–H and O–H groups in total. The van der Waals surface area contributed by atoms with E-state index < -0.39 is 0 Å². The van der Waals surface area contributed by atoms with Gasteiger partial charge in [-0.3, -0.25) is 0 Å². The minimum absolute atomic E-state index is 0.527. The Morgan fingerprint density at radius 2 is 2.33 bits per heavy atom. The van der Waals surface area contributed by atoms with E-state index in [2.05, 4.69) is 39.8 Å². The average Bonchev–Trinajstić information content (AvgIpc) is 2.61. The molecular weight excluding hydrogens is 208 g/mol. The number of aromatic amines is 1. The zero-order valence-corrected chi connectivity index (χ0v) is 8.87. The van der Waals surface area contributed by atoms with Crippen molar-refractivity contribution in [3.05, 3.63) is 40.2 Å². The smallest absolute Gasteiger partial charge is 0.238 e. The predicted octanol–water partition coefficient (Wildman–Crippen LogP) is 1.68. The van der Waals surface area contributed by atoms with E-state index in [4.69, 9.17) is 12.2 Å². The van der Waals surface area contributed by atoms with Crippen molar-refractivity contribution in [2.24, 2.45) is 0 Å². The molecule has 1 aliphatic carbocycles. The van der Waals surface area contributed by atoms with Crippen LogP contribution in [0.3, 0.4) is 0 Å². The Bertz CT molecular complexity index is 542. The van der Waals surface area contributed by atoms with Gasteiger partial charge in [-0.25, -0.2) is 4.68 Å². The molecule has 0 saturated carbocycles. The van der Waals surface area contributed by atoms with Crippen molar-refractivity contribution in [1.82, 2.24) is 20.2 Å². The normalized spacial score (nSPS) is 18.3. The quantitative estimate of drug-likeness (QED) is 0.780. The lowest BCUT2D eigenvalue weighted by Crippen LogP contribution is -2.22. The van der Waals surface area contributed by atoms with Crippen LogP contribution >= 0.6 is 12.2 Å². The molecule has 4 nitrogen and oxygen atoms in total. The highest BCUT2D eigenvalue weighted by Crippen LogP contribution is 2.35. The Labute approximate surface area is 91.9 Å². The number of tetrazole rings is 1. The van der Waals surface area contributed by atoms with Gasteiger partial charge in [-0.05, 0) is 29.8 Å². The lowest BCUT2D eigenvalue weighted by molar-refractivity contribution is 0.462. The number of hydrogen-bond donors (Lipinski definition) is 1. The van der Waals surface area contributed by atoms with Crippen LogP contribution in [0.25, 0.3) is 0 Å². The van der Waals surface area contributed by atoms with Crippen molar-refractivity contribution in [3.8, 4) is 0 Å². The number of hydrogen-bond acceptors (Lipinski definition) is 3. The Balaban J connectivity index is 1.84. The molecule has 5 heteroatoms. The monoisotopic (exact) mass is 218 g/mol. The van der Waals surface area contributed by atoms with E-state index in [9.17, 15) is 0 Å². The lowest BCUT2D eigenvalue weighted by atomic mass is 9.78. The first kappa shape index (κ1) is 8.79. The topological polar surface area (TPSA) is 46.5 Å². The minimum Gasteiger partial charge on any atom is -0.242 e. The third-order valence-electron chi connectivity index (χ3n) is 2.90. The summed E-state index contributed by atoms with van der Waals surface area (Å²) in [5.74, 6) is 0.551. The summed E-state index contributed by atoms with van der Waals surface area (Å²) in [6, 6.07) is 8.52. The Kier molecular flexibility index (Phi) is 1.92. The van der Waals surface area contributed by atoms with Gasteiger partial charge in [-0.2, -0.15) is 5.21 Å². The molecule has 0 amide bonds. The van der Waals surface area contributed by atoms with Gasteiger partial charge in [0.25, 0.3) is 0 Å². The molecule has 0 bridgehead atoms. The van der Waals surface area contributed by atoms with Gasteiger partial charge in [0.2, 0.25) is 4.77 Å².